The molecule has 1 rings (SSSR count). The van der Waals surface area contributed by atoms with Gasteiger partial charge in [0.1, 0.15) is 0 Å². The van der Waals surface area contributed by atoms with Gasteiger partial charge in [-0.2, -0.15) is 0 Å². The summed E-state index contributed by atoms with van der Waals surface area (Å²) in [7, 11) is 0. The minimum Gasteiger partial charge on any atom is -1.00 e. The van der Waals surface area contributed by atoms with Crippen LogP contribution in [0.25, 0.3) is 0 Å². The fraction of sp³-hybridized carbons (Fsp3) is 0.143. The van der Waals surface area contributed by atoms with E-state index >= 15 is 0 Å². The van der Waals surface area contributed by atoms with Crippen LogP contribution in [0.2, 0.25) is 5.02 Å². The topological polar surface area (TPSA) is 0 Å². The third-order valence-corrected chi connectivity index (χ3v) is 1.22. The number of rotatable bonds is 0. The molecule has 2 heteroatoms. The Morgan fingerprint density at radius 1 is 1.44 bits per heavy atom. The largest absolute Gasteiger partial charge is 1.00 e. The SMILES string of the molecule is Cc1cccc(Cl)c1.[H-].[Na+]. The maximum absolute atomic E-state index is 5.64. The molecule has 0 unspecified atom stereocenters. The van der Waals surface area contributed by atoms with E-state index in [1.807, 2.05) is 31.2 Å². The second-order valence-electron chi connectivity index (χ2n) is 1.80. The number of hydrogen-bond acceptors (Lipinski definition) is 0. The van der Waals surface area contributed by atoms with Crippen LogP contribution in [0.15, 0.2) is 24.3 Å². The molecule has 0 radical (unpaired) electrons. The fourth-order valence-electron chi connectivity index (χ4n) is 0.606. The zero-order valence-electron chi connectivity index (χ0n) is 6.69. The van der Waals surface area contributed by atoms with Gasteiger partial charge in [-0.05, 0) is 24.6 Å². The molecule has 0 aliphatic heterocycles. The van der Waals surface area contributed by atoms with Crippen LogP contribution in [0.3, 0.4) is 0 Å². The maximum atomic E-state index is 5.64. The third-order valence-electron chi connectivity index (χ3n) is 0.980. The standard InChI is InChI=1S/C7H7Cl.Na.H/c1-6-3-2-4-7(8)5-6;;/h2-5H,1H3;;/q;+1;-1. The van der Waals surface area contributed by atoms with Crippen LogP contribution < -0.4 is 29.6 Å². The van der Waals surface area contributed by atoms with E-state index in [0.717, 1.165) is 5.02 Å². The van der Waals surface area contributed by atoms with Gasteiger partial charge in [0.05, 0.1) is 0 Å². The number of hydrogen-bond donors (Lipinski definition) is 0. The Labute approximate surface area is 84.0 Å². The Balaban J connectivity index is 0. The summed E-state index contributed by atoms with van der Waals surface area (Å²) < 4.78 is 0. The number of benzene rings is 1. The van der Waals surface area contributed by atoms with Gasteiger partial charge >= 0.3 is 29.6 Å². The van der Waals surface area contributed by atoms with Gasteiger partial charge in [0, 0.05) is 5.02 Å². The molecule has 9 heavy (non-hydrogen) atoms. The van der Waals surface area contributed by atoms with Crippen LogP contribution in [0.4, 0.5) is 0 Å². The molecular formula is C7H8ClNa. The van der Waals surface area contributed by atoms with Gasteiger partial charge in [0.15, 0.2) is 0 Å². The first-order chi connectivity index (χ1) is 3.79. The third kappa shape index (κ3) is 3.27. The van der Waals surface area contributed by atoms with E-state index in [-0.39, 0.29) is 31.0 Å². The van der Waals surface area contributed by atoms with Crippen molar-refractivity contribution in [2.75, 3.05) is 0 Å². The first-order valence-corrected chi connectivity index (χ1v) is 2.89. The van der Waals surface area contributed by atoms with E-state index in [9.17, 15) is 0 Å². The van der Waals surface area contributed by atoms with Crippen molar-refractivity contribution in [1.82, 2.24) is 0 Å². The second kappa shape index (κ2) is 4.35. The van der Waals surface area contributed by atoms with Crippen molar-refractivity contribution < 1.29 is 31.0 Å². The van der Waals surface area contributed by atoms with Crippen molar-refractivity contribution in [3.63, 3.8) is 0 Å². The average Bonchev–Trinajstić information content (AvgIpc) is 1.64. The van der Waals surface area contributed by atoms with Crippen molar-refractivity contribution in [2.24, 2.45) is 0 Å². The Morgan fingerprint density at radius 3 is 2.44 bits per heavy atom. The van der Waals surface area contributed by atoms with E-state index in [0.29, 0.717) is 0 Å². The minimum absolute atomic E-state index is 0. The Hall–Kier alpha value is 0.510. The van der Waals surface area contributed by atoms with Gasteiger partial charge < -0.3 is 1.43 Å². The molecule has 44 valence electrons. The molecule has 0 saturated carbocycles. The smallest absolute Gasteiger partial charge is 1.00 e. The molecule has 0 aliphatic carbocycles. The van der Waals surface area contributed by atoms with Crippen molar-refractivity contribution in [3.8, 4) is 0 Å². The monoisotopic (exact) mass is 150 g/mol. The molecule has 0 aliphatic rings. The van der Waals surface area contributed by atoms with Gasteiger partial charge in [0.25, 0.3) is 0 Å². The molecule has 0 saturated heterocycles. The zero-order chi connectivity index (χ0) is 5.98. The van der Waals surface area contributed by atoms with Gasteiger partial charge in [-0.1, -0.05) is 23.7 Å². The summed E-state index contributed by atoms with van der Waals surface area (Å²) in [5.41, 5.74) is 1.21. The molecule has 0 fully saturated rings. The van der Waals surface area contributed by atoms with E-state index in [1.165, 1.54) is 5.56 Å². The summed E-state index contributed by atoms with van der Waals surface area (Å²) >= 11 is 5.64. The number of aryl methyl sites for hydroxylation is 1. The molecule has 1 aromatic carbocycles. The van der Waals surface area contributed by atoms with Crippen molar-refractivity contribution >= 4 is 11.6 Å². The van der Waals surface area contributed by atoms with Crippen molar-refractivity contribution in [1.29, 1.82) is 0 Å². The minimum atomic E-state index is 0. The van der Waals surface area contributed by atoms with E-state index in [4.69, 9.17) is 11.6 Å². The van der Waals surface area contributed by atoms with Crippen LogP contribution in [0, 0.1) is 6.92 Å². The number of halogens is 1. The predicted octanol–water partition coefficient (Wildman–Crippen LogP) is -0.235. The maximum Gasteiger partial charge on any atom is 1.00 e. The van der Waals surface area contributed by atoms with Crippen LogP contribution >= 0.6 is 11.6 Å². The van der Waals surface area contributed by atoms with E-state index < -0.39 is 0 Å². The van der Waals surface area contributed by atoms with Crippen LogP contribution in [-0.2, 0) is 0 Å². The molecule has 0 aromatic heterocycles. The molecule has 0 spiro atoms. The molecular weight excluding hydrogens is 143 g/mol. The zero-order valence-corrected chi connectivity index (χ0v) is 8.44. The van der Waals surface area contributed by atoms with Crippen molar-refractivity contribution in [2.45, 2.75) is 6.92 Å². The summed E-state index contributed by atoms with van der Waals surface area (Å²) in [6.45, 7) is 2.02. The van der Waals surface area contributed by atoms with Crippen LogP contribution in [0.1, 0.15) is 6.99 Å². The van der Waals surface area contributed by atoms with E-state index in [2.05, 4.69) is 0 Å². The summed E-state index contributed by atoms with van der Waals surface area (Å²) in [6.07, 6.45) is 0. The fourth-order valence-corrected chi connectivity index (χ4v) is 0.850. The quantitative estimate of drug-likeness (QED) is 0.448. The average molecular weight is 151 g/mol. The normalized spacial score (nSPS) is 8.22. The summed E-state index contributed by atoms with van der Waals surface area (Å²) in [4.78, 5) is 0. The van der Waals surface area contributed by atoms with Gasteiger partial charge in [0.2, 0.25) is 0 Å². The second-order valence-corrected chi connectivity index (χ2v) is 2.24. The summed E-state index contributed by atoms with van der Waals surface area (Å²) in [6, 6.07) is 7.76. The molecule has 0 atom stereocenters. The molecule has 0 amide bonds. The van der Waals surface area contributed by atoms with Gasteiger partial charge in [-0.3, -0.25) is 0 Å². The van der Waals surface area contributed by atoms with Gasteiger partial charge in [-0.15, -0.1) is 0 Å². The molecule has 0 nitrogen and oxygen atoms in total. The Morgan fingerprint density at radius 2 is 2.11 bits per heavy atom. The summed E-state index contributed by atoms with van der Waals surface area (Å²) in [5, 5.41) is 0.810. The van der Waals surface area contributed by atoms with Crippen molar-refractivity contribution in [3.05, 3.63) is 34.9 Å². The molecule has 0 bridgehead atoms. The Bertz CT molecular complexity index is 173. The first kappa shape index (κ1) is 9.51. The Kier molecular flexibility index (Phi) is 4.59. The molecule has 0 heterocycles. The van der Waals surface area contributed by atoms with Crippen LogP contribution in [-0.4, -0.2) is 0 Å². The van der Waals surface area contributed by atoms with Crippen LogP contribution in [0.5, 0.6) is 0 Å². The predicted molar refractivity (Wildman–Crippen MR) is 37.3 cm³/mol. The molecule has 1 aromatic rings. The van der Waals surface area contributed by atoms with Gasteiger partial charge in [-0.25, -0.2) is 0 Å². The van der Waals surface area contributed by atoms with E-state index in [1.54, 1.807) is 0 Å². The first-order valence-electron chi connectivity index (χ1n) is 2.51. The summed E-state index contributed by atoms with van der Waals surface area (Å²) in [5.74, 6) is 0. The molecule has 0 N–H and O–H groups in total.